The number of aromatic nitrogens is 3. The molecule has 0 amide bonds. The molecular formula is C58H37N3O. The van der Waals surface area contributed by atoms with Crippen molar-refractivity contribution in [1.82, 2.24) is 15.0 Å². The maximum atomic E-state index is 6.52. The minimum atomic E-state index is -0.560. The smallest absolute Gasteiger partial charge is 0.164 e. The molecule has 4 nitrogen and oxygen atoms in total. The fourth-order valence-corrected chi connectivity index (χ4v) is 9.63. The molecule has 2 heterocycles. The van der Waals surface area contributed by atoms with E-state index in [1.807, 2.05) is 18.2 Å². The average molecular weight is 792 g/mol. The normalized spacial score (nSPS) is 12.6. The largest absolute Gasteiger partial charge is 0.456 e. The number of hydrogen-bond acceptors (Lipinski definition) is 4. The first-order chi connectivity index (χ1) is 30.7. The SMILES string of the molecule is c1ccc(-c2ccc3oc4cc(-c5nc(-c6cccc(C7(c8ccccc8)c8ccccc8-c8ccccc87)c6)nc(-c6ccccc6-c6ccccc6)n5)ccc4c3c2)cc1. The molecule has 0 radical (unpaired) electrons. The number of nitrogens with zero attached hydrogens (tertiary/aromatic N) is 3. The summed E-state index contributed by atoms with van der Waals surface area (Å²) in [4.78, 5) is 15.9. The first-order valence-corrected chi connectivity index (χ1v) is 21.0. The highest BCUT2D eigenvalue weighted by Gasteiger charge is 2.46. The zero-order valence-corrected chi connectivity index (χ0v) is 33.6. The minimum Gasteiger partial charge on any atom is -0.456 e. The lowest BCUT2D eigenvalue weighted by atomic mass is 9.67. The van der Waals surface area contributed by atoms with Gasteiger partial charge in [-0.15, -0.1) is 0 Å². The van der Waals surface area contributed by atoms with Crippen molar-refractivity contribution in [2.45, 2.75) is 5.41 Å². The van der Waals surface area contributed by atoms with Gasteiger partial charge < -0.3 is 4.42 Å². The Hall–Kier alpha value is -8.21. The van der Waals surface area contributed by atoms with Crippen LogP contribution in [-0.2, 0) is 5.41 Å². The van der Waals surface area contributed by atoms with Crippen LogP contribution in [0.5, 0.6) is 0 Å². The monoisotopic (exact) mass is 791 g/mol. The fraction of sp³-hybridized carbons (Fsp3) is 0.0172. The molecule has 0 fully saturated rings. The lowest BCUT2D eigenvalue weighted by Crippen LogP contribution is -2.28. The van der Waals surface area contributed by atoms with E-state index in [2.05, 4.69) is 206 Å². The molecule has 0 spiro atoms. The van der Waals surface area contributed by atoms with Gasteiger partial charge in [0, 0.05) is 27.5 Å². The zero-order chi connectivity index (χ0) is 41.0. The van der Waals surface area contributed by atoms with Crippen molar-refractivity contribution in [2.24, 2.45) is 0 Å². The van der Waals surface area contributed by atoms with Gasteiger partial charge in [-0.3, -0.25) is 0 Å². The minimum absolute atomic E-state index is 0.560. The second kappa shape index (κ2) is 14.5. The van der Waals surface area contributed by atoms with Gasteiger partial charge in [0.1, 0.15) is 11.2 Å². The molecule has 12 rings (SSSR count). The Balaban J connectivity index is 1.06. The third-order valence-corrected chi connectivity index (χ3v) is 12.4. The number of fused-ring (bicyclic) bond motifs is 6. The lowest BCUT2D eigenvalue weighted by Gasteiger charge is -2.34. The maximum absolute atomic E-state index is 6.52. The van der Waals surface area contributed by atoms with Crippen LogP contribution in [0.4, 0.5) is 0 Å². The van der Waals surface area contributed by atoms with Crippen LogP contribution >= 0.6 is 0 Å². The second-order valence-corrected chi connectivity index (χ2v) is 15.9. The number of furan rings is 1. The Morgan fingerprint density at radius 1 is 0.290 bits per heavy atom. The molecule has 11 aromatic rings. The van der Waals surface area contributed by atoms with E-state index in [9.17, 15) is 0 Å². The molecule has 1 aliphatic carbocycles. The summed E-state index contributed by atoms with van der Waals surface area (Å²) in [6.45, 7) is 0. The predicted octanol–water partition coefficient (Wildman–Crippen LogP) is 14.5. The van der Waals surface area contributed by atoms with Crippen LogP contribution in [0.3, 0.4) is 0 Å². The number of benzene rings is 9. The molecule has 2 aromatic heterocycles. The Labute approximate surface area is 359 Å². The summed E-state index contributed by atoms with van der Waals surface area (Å²) in [6.07, 6.45) is 0. The Kier molecular flexibility index (Phi) is 8.36. The lowest BCUT2D eigenvalue weighted by molar-refractivity contribution is 0.669. The second-order valence-electron chi connectivity index (χ2n) is 15.9. The molecule has 0 saturated carbocycles. The van der Waals surface area contributed by atoms with Crippen LogP contribution in [0, 0.1) is 0 Å². The van der Waals surface area contributed by atoms with Crippen molar-refractivity contribution in [3.05, 3.63) is 247 Å². The molecule has 4 heteroatoms. The van der Waals surface area contributed by atoms with Crippen LogP contribution < -0.4 is 0 Å². The van der Waals surface area contributed by atoms with Crippen LogP contribution in [0.1, 0.15) is 22.3 Å². The molecule has 0 atom stereocenters. The molecule has 9 aromatic carbocycles. The third kappa shape index (κ3) is 5.72. The van der Waals surface area contributed by atoms with Gasteiger partial charge in [-0.2, -0.15) is 0 Å². The third-order valence-electron chi connectivity index (χ3n) is 12.4. The Morgan fingerprint density at radius 2 is 0.806 bits per heavy atom. The number of hydrogen-bond donors (Lipinski definition) is 0. The summed E-state index contributed by atoms with van der Waals surface area (Å²) in [6, 6.07) is 79.2. The van der Waals surface area contributed by atoms with E-state index >= 15 is 0 Å². The highest BCUT2D eigenvalue weighted by molar-refractivity contribution is 6.07. The van der Waals surface area contributed by atoms with Crippen molar-refractivity contribution >= 4 is 21.9 Å². The summed E-state index contributed by atoms with van der Waals surface area (Å²) in [5.41, 5.74) is 15.6. The van der Waals surface area contributed by atoms with Gasteiger partial charge in [0.15, 0.2) is 17.5 Å². The van der Waals surface area contributed by atoms with Gasteiger partial charge in [-0.1, -0.05) is 194 Å². The Morgan fingerprint density at radius 3 is 1.50 bits per heavy atom. The summed E-state index contributed by atoms with van der Waals surface area (Å²) in [7, 11) is 0. The molecular weight excluding hydrogens is 755 g/mol. The quantitative estimate of drug-likeness (QED) is 0.161. The maximum Gasteiger partial charge on any atom is 0.164 e. The molecule has 62 heavy (non-hydrogen) atoms. The number of rotatable bonds is 7. The summed E-state index contributed by atoms with van der Waals surface area (Å²) >= 11 is 0. The van der Waals surface area contributed by atoms with Crippen molar-refractivity contribution in [1.29, 1.82) is 0 Å². The highest BCUT2D eigenvalue weighted by Crippen LogP contribution is 2.56. The van der Waals surface area contributed by atoms with E-state index in [0.717, 1.165) is 60.9 Å². The van der Waals surface area contributed by atoms with Crippen molar-refractivity contribution < 1.29 is 4.42 Å². The van der Waals surface area contributed by atoms with Crippen LogP contribution in [0.15, 0.2) is 229 Å². The van der Waals surface area contributed by atoms with Crippen LogP contribution in [0.2, 0.25) is 0 Å². The summed E-state index contributed by atoms with van der Waals surface area (Å²) in [5, 5.41) is 2.11. The fourth-order valence-electron chi connectivity index (χ4n) is 9.63. The molecule has 290 valence electrons. The highest BCUT2D eigenvalue weighted by atomic mass is 16.3. The van der Waals surface area contributed by atoms with Crippen molar-refractivity contribution in [3.8, 4) is 67.5 Å². The molecule has 0 saturated heterocycles. The van der Waals surface area contributed by atoms with E-state index in [-0.39, 0.29) is 0 Å². The molecule has 0 aliphatic heterocycles. The molecule has 0 unspecified atom stereocenters. The van der Waals surface area contributed by atoms with E-state index in [0.29, 0.717) is 17.5 Å². The summed E-state index contributed by atoms with van der Waals surface area (Å²) < 4.78 is 6.52. The predicted molar refractivity (Wildman–Crippen MR) is 252 cm³/mol. The molecule has 1 aliphatic rings. The van der Waals surface area contributed by atoms with Gasteiger partial charge in [0.05, 0.1) is 5.41 Å². The van der Waals surface area contributed by atoms with Gasteiger partial charge in [-0.05, 0) is 86.0 Å². The van der Waals surface area contributed by atoms with Gasteiger partial charge in [0.25, 0.3) is 0 Å². The zero-order valence-electron chi connectivity index (χ0n) is 33.6. The van der Waals surface area contributed by atoms with Crippen molar-refractivity contribution in [2.75, 3.05) is 0 Å². The van der Waals surface area contributed by atoms with E-state index in [1.54, 1.807) is 0 Å². The molecule has 0 N–H and O–H groups in total. The average Bonchev–Trinajstić information content (AvgIpc) is 3.88. The topological polar surface area (TPSA) is 51.8 Å². The van der Waals surface area contributed by atoms with Crippen molar-refractivity contribution in [3.63, 3.8) is 0 Å². The van der Waals surface area contributed by atoms with E-state index < -0.39 is 5.41 Å². The standard InChI is InChI=1S/C58H37N3O/c1-4-17-38(18-5-1)40-32-34-53-50(36-40)48-33-31-42(37-54(48)62-53)56-59-55(60-57(61-56)49-28-11-10-25-45(49)39-19-6-2-7-20-39)41-21-16-24-44(35-41)58(43-22-8-3-9-23-43)51-29-14-12-26-46(51)47-27-13-15-30-52(47)58/h1-37H. The first kappa shape index (κ1) is 35.7. The first-order valence-electron chi connectivity index (χ1n) is 21.0. The Bertz CT molecular complexity index is 3420. The van der Waals surface area contributed by atoms with Crippen LogP contribution in [-0.4, -0.2) is 15.0 Å². The van der Waals surface area contributed by atoms with Gasteiger partial charge >= 0.3 is 0 Å². The van der Waals surface area contributed by atoms with E-state index in [1.165, 1.54) is 33.4 Å². The molecule has 0 bridgehead atoms. The van der Waals surface area contributed by atoms with Gasteiger partial charge in [0.2, 0.25) is 0 Å². The van der Waals surface area contributed by atoms with Gasteiger partial charge in [-0.25, -0.2) is 15.0 Å². The van der Waals surface area contributed by atoms with Crippen LogP contribution in [0.25, 0.3) is 89.5 Å². The van der Waals surface area contributed by atoms with E-state index in [4.69, 9.17) is 19.4 Å². The summed E-state index contributed by atoms with van der Waals surface area (Å²) in [5.74, 6) is 1.76.